The van der Waals surface area contributed by atoms with Crippen LogP contribution in [0.1, 0.15) is 12.5 Å². The number of para-hydroxylation sites is 1. The van der Waals surface area contributed by atoms with Crippen molar-refractivity contribution in [3.8, 4) is 11.5 Å². The van der Waals surface area contributed by atoms with Gasteiger partial charge in [0.05, 0.1) is 12.0 Å². The molecule has 110 valence electrons. The SMILES string of the molecule is COc1ccc([C@](C)(O)[C@H]2Oc3ccccc3S2=O)cc1. The lowest BCUT2D eigenvalue weighted by molar-refractivity contribution is -0.00947. The van der Waals surface area contributed by atoms with Gasteiger partial charge >= 0.3 is 0 Å². The zero-order chi connectivity index (χ0) is 15.0. The van der Waals surface area contributed by atoms with Crippen LogP contribution in [0.4, 0.5) is 0 Å². The first-order valence-electron chi connectivity index (χ1n) is 6.57. The first-order chi connectivity index (χ1) is 10.0. The molecule has 3 rings (SSSR count). The zero-order valence-corrected chi connectivity index (χ0v) is 12.6. The summed E-state index contributed by atoms with van der Waals surface area (Å²) in [6.45, 7) is 1.61. The summed E-state index contributed by atoms with van der Waals surface area (Å²) >= 11 is 0. The van der Waals surface area contributed by atoms with E-state index in [0.29, 0.717) is 22.0 Å². The van der Waals surface area contributed by atoms with Crippen LogP contribution in [0.3, 0.4) is 0 Å². The predicted molar refractivity (Wildman–Crippen MR) is 79.8 cm³/mol. The van der Waals surface area contributed by atoms with Crippen molar-refractivity contribution in [2.75, 3.05) is 7.11 Å². The molecule has 1 N–H and O–H groups in total. The van der Waals surface area contributed by atoms with Crippen molar-refractivity contribution in [1.82, 2.24) is 0 Å². The first kappa shape index (κ1) is 14.1. The molecule has 0 aromatic heterocycles. The Labute approximate surface area is 125 Å². The van der Waals surface area contributed by atoms with E-state index in [-0.39, 0.29) is 0 Å². The molecule has 1 heterocycles. The van der Waals surface area contributed by atoms with Crippen LogP contribution in [-0.2, 0) is 16.4 Å². The second kappa shape index (κ2) is 5.16. The summed E-state index contributed by atoms with van der Waals surface area (Å²) in [7, 11) is 0.166. The van der Waals surface area contributed by atoms with Gasteiger partial charge in [-0.1, -0.05) is 24.3 Å². The highest BCUT2D eigenvalue weighted by Gasteiger charge is 2.45. The van der Waals surface area contributed by atoms with Gasteiger partial charge < -0.3 is 14.6 Å². The smallest absolute Gasteiger partial charge is 0.210 e. The minimum absolute atomic E-state index is 0.564. The van der Waals surface area contributed by atoms with Gasteiger partial charge in [-0.25, -0.2) is 0 Å². The predicted octanol–water partition coefficient (Wildman–Crippen LogP) is 2.43. The third-order valence-electron chi connectivity index (χ3n) is 3.63. The van der Waals surface area contributed by atoms with Gasteiger partial charge in [0.15, 0.2) is 0 Å². The number of methoxy groups -OCH3 is 1. The van der Waals surface area contributed by atoms with Crippen LogP contribution in [-0.4, -0.2) is 21.9 Å². The van der Waals surface area contributed by atoms with Crippen LogP contribution in [0.25, 0.3) is 0 Å². The molecule has 2 aromatic rings. The van der Waals surface area contributed by atoms with Gasteiger partial charge in [-0.05, 0) is 36.8 Å². The number of rotatable bonds is 3. The van der Waals surface area contributed by atoms with Crippen molar-refractivity contribution in [3.05, 3.63) is 54.1 Å². The standard InChI is InChI=1S/C16H16O4S/c1-16(17,11-7-9-12(19-2)10-8-11)15-20-13-5-3-4-6-14(13)21(15)18/h3-10,15,17H,1-2H3/t15-,16-,21?/m0/s1. The Bertz CT molecular complexity index is 679. The summed E-state index contributed by atoms with van der Waals surface area (Å²) in [5.41, 5.74) is -1.56. The molecular formula is C16H16O4S. The highest BCUT2D eigenvalue weighted by molar-refractivity contribution is 7.86. The topological polar surface area (TPSA) is 55.8 Å². The van der Waals surface area contributed by atoms with Crippen molar-refractivity contribution >= 4 is 10.8 Å². The van der Waals surface area contributed by atoms with E-state index in [1.807, 2.05) is 12.1 Å². The third-order valence-corrected chi connectivity index (χ3v) is 5.34. The minimum Gasteiger partial charge on any atom is -0.497 e. The van der Waals surface area contributed by atoms with Crippen LogP contribution < -0.4 is 9.47 Å². The molecule has 0 saturated carbocycles. The maximum absolute atomic E-state index is 12.5. The molecule has 3 atom stereocenters. The summed E-state index contributed by atoms with van der Waals surface area (Å²) in [4.78, 5) is 0.622. The van der Waals surface area contributed by atoms with Crippen molar-refractivity contribution in [3.63, 3.8) is 0 Å². The molecule has 1 aliphatic heterocycles. The van der Waals surface area contributed by atoms with E-state index in [1.54, 1.807) is 50.4 Å². The van der Waals surface area contributed by atoms with Crippen LogP contribution in [0.5, 0.6) is 11.5 Å². The van der Waals surface area contributed by atoms with Gasteiger partial charge in [-0.3, -0.25) is 4.21 Å². The molecule has 0 aliphatic carbocycles. The molecule has 4 nitrogen and oxygen atoms in total. The van der Waals surface area contributed by atoms with Crippen molar-refractivity contribution in [1.29, 1.82) is 0 Å². The van der Waals surface area contributed by atoms with Gasteiger partial charge in [0.2, 0.25) is 5.44 Å². The Morgan fingerprint density at radius 1 is 1.19 bits per heavy atom. The molecule has 0 amide bonds. The Morgan fingerprint density at radius 3 is 2.48 bits per heavy atom. The van der Waals surface area contributed by atoms with E-state index in [9.17, 15) is 9.32 Å². The van der Waals surface area contributed by atoms with E-state index in [0.717, 1.165) is 0 Å². The maximum Gasteiger partial charge on any atom is 0.210 e. The quantitative estimate of drug-likeness (QED) is 0.946. The molecule has 0 fully saturated rings. The van der Waals surface area contributed by atoms with Crippen LogP contribution in [0.15, 0.2) is 53.4 Å². The number of fused-ring (bicyclic) bond motifs is 1. The van der Waals surface area contributed by atoms with E-state index in [4.69, 9.17) is 9.47 Å². The number of benzene rings is 2. The highest BCUT2D eigenvalue weighted by atomic mass is 32.2. The number of aliphatic hydroxyl groups is 1. The van der Waals surface area contributed by atoms with Gasteiger partial charge in [-0.2, -0.15) is 0 Å². The average molecular weight is 304 g/mol. The summed E-state index contributed by atoms with van der Waals surface area (Å²) in [6, 6.07) is 14.2. The van der Waals surface area contributed by atoms with Crippen LogP contribution in [0.2, 0.25) is 0 Å². The highest BCUT2D eigenvalue weighted by Crippen LogP contribution is 2.40. The van der Waals surface area contributed by atoms with E-state index in [1.165, 1.54) is 0 Å². The zero-order valence-electron chi connectivity index (χ0n) is 11.8. The van der Waals surface area contributed by atoms with Crippen molar-refractivity contribution in [2.45, 2.75) is 22.9 Å². The second-order valence-corrected chi connectivity index (χ2v) is 6.53. The van der Waals surface area contributed by atoms with Gasteiger partial charge in [-0.15, -0.1) is 0 Å². The fraction of sp³-hybridized carbons (Fsp3) is 0.250. The molecule has 0 saturated heterocycles. The monoisotopic (exact) mass is 304 g/mol. The maximum atomic E-state index is 12.5. The van der Waals surface area contributed by atoms with E-state index in [2.05, 4.69) is 0 Å². The summed E-state index contributed by atoms with van der Waals surface area (Å²) in [6.07, 6.45) is 0. The minimum atomic E-state index is -1.42. The van der Waals surface area contributed by atoms with Gasteiger partial charge in [0.1, 0.15) is 27.9 Å². The lowest BCUT2D eigenvalue weighted by Gasteiger charge is -2.28. The fourth-order valence-electron chi connectivity index (χ4n) is 2.38. The molecule has 0 bridgehead atoms. The fourth-order valence-corrected chi connectivity index (χ4v) is 3.88. The normalized spacial score (nSPS) is 23.0. The molecule has 2 aromatic carbocycles. The largest absolute Gasteiger partial charge is 0.497 e. The van der Waals surface area contributed by atoms with E-state index >= 15 is 0 Å². The molecule has 1 aliphatic rings. The van der Waals surface area contributed by atoms with Crippen molar-refractivity contribution < 1.29 is 18.8 Å². The summed E-state index contributed by atoms with van der Waals surface area (Å²) < 4.78 is 23.4. The third kappa shape index (κ3) is 2.32. The summed E-state index contributed by atoms with van der Waals surface area (Å²) in [5, 5.41) is 10.8. The molecule has 1 unspecified atom stereocenters. The molecular weight excluding hydrogens is 288 g/mol. The average Bonchev–Trinajstić information content (AvgIpc) is 2.86. The van der Waals surface area contributed by atoms with Crippen LogP contribution >= 0.6 is 0 Å². The Balaban J connectivity index is 1.94. The number of hydrogen-bond donors (Lipinski definition) is 1. The Hall–Kier alpha value is -1.85. The van der Waals surface area contributed by atoms with Gasteiger partial charge in [0, 0.05) is 0 Å². The molecule has 0 radical (unpaired) electrons. The van der Waals surface area contributed by atoms with Crippen molar-refractivity contribution in [2.24, 2.45) is 0 Å². The Morgan fingerprint density at radius 2 is 1.86 bits per heavy atom. The molecule has 21 heavy (non-hydrogen) atoms. The first-order valence-corrected chi connectivity index (χ1v) is 7.78. The van der Waals surface area contributed by atoms with Gasteiger partial charge in [0.25, 0.3) is 0 Å². The second-order valence-electron chi connectivity index (χ2n) is 5.07. The lowest BCUT2D eigenvalue weighted by Crippen LogP contribution is -2.41. The van der Waals surface area contributed by atoms with Crippen LogP contribution in [0, 0.1) is 0 Å². The lowest BCUT2D eigenvalue weighted by atomic mass is 9.96. The molecule has 0 spiro atoms. The molecule has 5 heteroatoms. The summed E-state index contributed by atoms with van der Waals surface area (Å²) in [5.74, 6) is 1.26. The number of hydrogen-bond acceptors (Lipinski definition) is 4. The Kier molecular flexibility index (Phi) is 3.47. The van der Waals surface area contributed by atoms with E-state index < -0.39 is 21.8 Å². The number of ether oxygens (including phenoxy) is 2.